The molecule has 0 saturated heterocycles. The van der Waals surface area contributed by atoms with Crippen LogP contribution in [0, 0.1) is 6.92 Å². The first kappa shape index (κ1) is 22.2. The monoisotopic (exact) mass is 474 g/mol. The lowest BCUT2D eigenvalue weighted by atomic mass is 10.2. The third-order valence-electron chi connectivity index (χ3n) is 4.73. The minimum absolute atomic E-state index is 1.19. The second-order valence-electron chi connectivity index (χ2n) is 7.10. The molecule has 0 aromatic heterocycles. The first-order valence-electron chi connectivity index (χ1n) is 10.1. The molecular weight excluding hydrogens is 451 g/mol. The van der Waals surface area contributed by atoms with Crippen molar-refractivity contribution in [3.8, 4) is 0 Å². The highest BCUT2D eigenvalue weighted by Crippen LogP contribution is 2.63. The fourth-order valence-electron chi connectivity index (χ4n) is 3.11. The number of rotatable bonds is 7. The van der Waals surface area contributed by atoms with Crippen molar-refractivity contribution in [2.75, 3.05) is 0 Å². The number of thioether (sulfide) groups is 1. The standard InChI is InChI=1S/C27H23PS3/c1-22-17-19-26(20-18-22)30-27(21-23-11-5-2-6-12-23)31-28(29,24-13-7-3-8-14-24)25-15-9-4-10-16-25/h2-21H,1H3/b27-21+. The van der Waals surface area contributed by atoms with E-state index in [4.69, 9.17) is 11.8 Å². The zero-order valence-corrected chi connectivity index (χ0v) is 20.6. The van der Waals surface area contributed by atoms with E-state index in [1.54, 1.807) is 11.8 Å². The van der Waals surface area contributed by atoms with E-state index in [0.29, 0.717) is 0 Å². The minimum atomic E-state index is -2.10. The highest BCUT2D eigenvalue weighted by molar-refractivity contribution is 8.78. The van der Waals surface area contributed by atoms with Gasteiger partial charge >= 0.3 is 0 Å². The van der Waals surface area contributed by atoms with Crippen LogP contribution in [-0.2, 0) is 11.8 Å². The largest absolute Gasteiger partial charge is 0.0827 e. The summed E-state index contributed by atoms with van der Waals surface area (Å²) in [4.78, 5) is 1.22. The average Bonchev–Trinajstić information content (AvgIpc) is 2.82. The smallest absolute Gasteiger partial charge is 0.0664 e. The number of hydrogen-bond acceptors (Lipinski definition) is 3. The van der Waals surface area contributed by atoms with E-state index in [-0.39, 0.29) is 0 Å². The topological polar surface area (TPSA) is 0 Å². The predicted molar refractivity (Wildman–Crippen MR) is 145 cm³/mol. The Morgan fingerprint density at radius 1 is 0.677 bits per heavy atom. The molecule has 0 fully saturated rings. The van der Waals surface area contributed by atoms with Crippen LogP contribution in [0.2, 0.25) is 0 Å². The Bertz CT molecular complexity index is 1140. The van der Waals surface area contributed by atoms with Crippen LogP contribution >= 0.6 is 28.4 Å². The van der Waals surface area contributed by atoms with Crippen molar-refractivity contribution in [2.24, 2.45) is 0 Å². The van der Waals surface area contributed by atoms with Gasteiger partial charge in [0.25, 0.3) is 0 Å². The van der Waals surface area contributed by atoms with Crippen LogP contribution in [0.25, 0.3) is 6.08 Å². The molecule has 0 heterocycles. The fourth-order valence-corrected chi connectivity index (χ4v) is 11.8. The third kappa shape index (κ3) is 5.81. The molecule has 0 bridgehead atoms. The number of benzene rings is 4. The van der Waals surface area contributed by atoms with Crippen LogP contribution in [0.5, 0.6) is 0 Å². The molecule has 0 saturated carbocycles. The lowest BCUT2D eigenvalue weighted by Crippen LogP contribution is -2.12. The Morgan fingerprint density at radius 3 is 1.68 bits per heavy atom. The molecule has 4 aromatic carbocycles. The zero-order valence-electron chi connectivity index (χ0n) is 17.2. The van der Waals surface area contributed by atoms with Gasteiger partial charge in [-0.15, -0.1) is 0 Å². The second-order valence-corrected chi connectivity index (χ2v) is 15.8. The minimum Gasteiger partial charge on any atom is -0.0827 e. The summed E-state index contributed by atoms with van der Waals surface area (Å²) in [5.74, 6) is 0. The van der Waals surface area contributed by atoms with Crippen LogP contribution in [0.15, 0.2) is 124 Å². The van der Waals surface area contributed by atoms with Gasteiger partial charge in [-0.05, 0) is 41.3 Å². The van der Waals surface area contributed by atoms with E-state index in [0.717, 1.165) is 0 Å². The van der Waals surface area contributed by atoms with Crippen LogP contribution in [0.4, 0.5) is 0 Å². The second kappa shape index (κ2) is 10.5. The van der Waals surface area contributed by atoms with Gasteiger partial charge in [-0.2, -0.15) is 0 Å². The van der Waals surface area contributed by atoms with E-state index >= 15 is 0 Å². The molecule has 31 heavy (non-hydrogen) atoms. The molecule has 4 heteroatoms. The highest BCUT2D eigenvalue weighted by Gasteiger charge is 2.25. The van der Waals surface area contributed by atoms with Crippen molar-refractivity contribution in [3.05, 3.63) is 131 Å². The van der Waals surface area contributed by atoms with Gasteiger partial charge in [0.1, 0.15) is 0 Å². The van der Waals surface area contributed by atoms with Gasteiger partial charge in [-0.1, -0.05) is 144 Å². The Morgan fingerprint density at radius 2 is 1.16 bits per heavy atom. The maximum absolute atomic E-state index is 6.48. The van der Waals surface area contributed by atoms with E-state index in [9.17, 15) is 0 Å². The molecule has 154 valence electrons. The van der Waals surface area contributed by atoms with Crippen molar-refractivity contribution in [1.29, 1.82) is 0 Å². The normalized spacial score (nSPS) is 12.0. The summed E-state index contributed by atoms with van der Waals surface area (Å²) in [6.45, 7) is 2.12. The predicted octanol–water partition coefficient (Wildman–Crippen LogP) is 7.86. The van der Waals surface area contributed by atoms with Gasteiger partial charge in [0.05, 0.1) is 9.48 Å². The van der Waals surface area contributed by atoms with Crippen molar-refractivity contribution >= 4 is 56.9 Å². The maximum Gasteiger partial charge on any atom is 0.0664 e. The van der Waals surface area contributed by atoms with Gasteiger partial charge < -0.3 is 0 Å². The molecule has 4 aromatic rings. The number of hydrogen-bond donors (Lipinski definition) is 0. The first-order valence-corrected chi connectivity index (χ1v) is 15.1. The van der Waals surface area contributed by atoms with E-state index in [1.165, 1.54) is 30.9 Å². The molecule has 0 amide bonds. The summed E-state index contributed by atoms with van der Waals surface area (Å²) < 4.78 is 1.21. The Labute approximate surface area is 198 Å². The Hall–Kier alpha value is -2.03. The lowest BCUT2D eigenvalue weighted by Gasteiger charge is -2.24. The van der Waals surface area contributed by atoms with Gasteiger partial charge in [0, 0.05) is 4.90 Å². The summed E-state index contributed by atoms with van der Waals surface area (Å²) in [6, 6.07) is 40.4. The molecule has 0 atom stereocenters. The maximum atomic E-state index is 6.48. The fraction of sp³-hybridized carbons (Fsp3) is 0.0370. The Balaban J connectivity index is 1.78. The third-order valence-corrected chi connectivity index (χ3v) is 13.5. The number of aryl methyl sites for hydroxylation is 1. The van der Waals surface area contributed by atoms with E-state index in [1.807, 2.05) is 11.4 Å². The summed E-state index contributed by atoms with van der Waals surface area (Å²) in [5.41, 5.74) is 2.46. The first-order chi connectivity index (χ1) is 15.1. The van der Waals surface area contributed by atoms with Crippen molar-refractivity contribution in [2.45, 2.75) is 11.8 Å². The van der Waals surface area contributed by atoms with Crippen molar-refractivity contribution in [1.82, 2.24) is 0 Å². The van der Waals surface area contributed by atoms with Gasteiger partial charge in [0.2, 0.25) is 0 Å². The van der Waals surface area contributed by atoms with E-state index in [2.05, 4.69) is 128 Å². The molecule has 0 spiro atoms. The zero-order chi connectivity index (χ0) is 21.5. The lowest BCUT2D eigenvalue weighted by molar-refractivity contribution is 1.38. The van der Waals surface area contributed by atoms with Crippen LogP contribution in [0.1, 0.15) is 11.1 Å². The molecule has 0 aliphatic heterocycles. The average molecular weight is 475 g/mol. The molecule has 4 rings (SSSR count). The summed E-state index contributed by atoms with van der Waals surface area (Å²) >= 11 is 10.1. The van der Waals surface area contributed by atoms with Gasteiger partial charge in [0.15, 0.2) is 0 Å². The molecule has 0 aliphatic rings. The summed E-state index contributed by atoms with van der Waals surface area (Å²) in [6.07, 6.45) is 2.27. The molecule has 0 nitrogen and oxygen atoms in total. The Kier molecular flexibility index (Phi) is 7.53. The highest BCUT2D eigenvalue weighted by atomic mass is 32.9. The van der Waals surface area contributed by atoms with Crippen LogP contribution in [-0.4, -0.2) is 0 Å². The quantitative estimate of drug-likeness (QED) is 0.198. The molecular formula is C27H23PS3. The SMILES string of the molecule is Cc1ccc(S/C(=C\c2ccccc2)SP(=S)(c2ccccc2)c2ccccc2)cc1. The van der Waals surface area contributed by atoms with Gasteiger partial charge in [-0.3, -0.25) is 0 Å². The van der Waals surface area contributed by atoms with Crippen molar-refractivity contribution in [3.63, 3.8) is 0 Å². The molecule has 0 N–H and O–H groups in total. The summed E-state index contributed by atoms with van der Waals surface area (Å²) in [7, 11) is 0. The van der Waals surface area contributed by atoms with Crippen LogP contribution in [0.3, 0.4) is 0 Å². The van der Waals surface area contributed by atoms with Gasteiger partial charge in [-0.25, -0.2) is 0 Å². The van der Waals surface area contributed by atoms with Crippen LogP contribution < -0.4 is 10.6 Å². The van der Waals surface area contributed by atoms with E-state index < -0.39 is 5.24 Å². The van der Waals surface area contributed by atoms with Crippen molar-refractivity contribution < 1.29 is 0 Å². The summed E-state index contributed by atoms with van der Waals surface area (Å²) in [5, 5.41) is 0.350. The molecule has 0 radical (unpaired) electrons. The molecule has 0 aliphatic carbocycles. The molecule has 0 unspecified atom stereocenters.